The number of nitrogens with zero attached hydrogens (tertiary/aromatic N) is 1. The number of rotatable bonds is 9. The molecule has 3 aromatic rings. The van der Waals surface area contributed by atoms with Gasteiger partial charge in [0.2, 0.25) is 11.8 Å². The molecule has 0 unspecified atom stereocenters. The molecule has 13 heteroatoms. The van der Waals surface area contributed by atoms with E-state index in [2.05, 4.69) is 5.32 Å². The van der Waals surface area contributed by atoms with Gasteiger partial charge in [0.15, 0.2) is 0 Å². The van der Waals surface area contributed by atoms with E-state index in [1.54, 1.807) is 48.5 Å². The Morgan fingerprint density at radius 1 is 0.860 bits per heavy atom. The molecule has 1 heterocycles. The number of ether oxygens (including phenoxy) is 1. The second kappa shape index (κ2) is 12.0. The average molecular weight is 608 g/mol. The zero-order valence-corrected chi connectivity index (χ0v) is 23.0. The summed E-state index contributed by atoms with van der Waals surface area (Å²) in [6.45, 7) is -0.0124. The summed E-state index contributed by atoms with van der Waals surface area (Å²) in [5, 5.41) is 4.00. The molecule has 0 radical (unpaired) electrons. The molecule has 3 amide bonds. The van der Waals surface area contributed by atoms with Gasteiger partial charge in [0.25, 0.3) is 5.91 Å². The van der Waals surface area contributed by atoms with Crippen molar-refractivity contribution in [2.24, 2.45) is 5.41 Å². The van der Waals surface area contributed by atoms with E-state index in [1.807, 2.05) is 0 Å². The van der Waals surface area contributed by atoms with Crippen molar-refractivity contribution in [2.45, 2.75) is 32.0 Å². The maximum absolute atomic E-state index is 14.0. The summed E-state index contributed by atoms with van der Waals surface area (Å²) in [7, 11) is 0. The van der Waals surface area contributed by atoms with E-state index in [0.717, 1.165) is 13.8 Å². The highest BCUT2D eigenvalue weighted by Gasteiger charge is 2.57. The molecule has 0 fully saturated rings. The smallest absolute Gasteiger partial charge is 0.455 e. The summed E-state index contributed by atoms with van der Waals surface area (Å²) in [5.41, 5.74) is -0.0462. The Labute approximate surface area is 242 Å². The summed E-state index contributed by atoms with van der Waals surface area (Å²) in [4.78, 5) is 41.4. The van der Waals surface area contributed by atoms with Gasteiger partial charge >= 0.3 is 12.1 Å². The number of carbonyl (C=O) groups excluding carboxylic acids is 3. The molecule has 0 aromatic heterocycles. The SMILES string of the molecule is CC(C)(C(=O)NCC(F)(F)C(F)(F)F)C(=O)N[C@@H]1C(=O)N(CCOc2ccc(F)cc2)c2ccccc2-c2ccccc21. The standard InChI is InChI=1S/C30H27F6N3O4/c1-28(2,26(41)37-17-29(32,33)30(34,35)36)27(42)38-24-22-9-4-3-7-20(22)21-8-5-6-10-23(21)39(25(24)40)15-16-43-19-13-11-18(31)12-14-19/h3-14,24H,15-17H2,1-2H3,(H,37,41)(H,38,42)/t24-/m0/s1. The Balaban J connectivity index is 1.61. The van der Waals surface area contributed by atoms with E-state index in [0.29, 0.717) is 28.1 Å². The molecule has 0 saturated carbocycles. The molecule has 0 aliphatic carbocycles. The number of nitrogens with one attached hydrogen (secondary N) is 2. The van der Waals surface area contributed by atoms with Crippen LogP contribution in [0.25, 0.3) is 11.1 Å². The Bertz CT molecular complexity index is 1510. The number of alkyl halides is 5. The molecule has 1 aliphatic heterocycles. The van der Waals surface area contributed by atoms with E-state index < -0.39 is 53.6 Å². The van der Waals surface area contributed by atoms with E-state index in [4.69, 9.17) is 4.74 Å². The van der Waals surface area contributed by atoms with Gasteiger partial charge in [-0.1, -0.05) is 42.5 Å². The third kappa shape index (κ3) is 6.60. The van der Waals surface area contributed by atoms with Gasteiger partial charge in [0.1, 0.15) is 29.6 Å². The van der Waals surface area contributed by atoms with Crippen LogP contribution in [0.1, 0.15) is 25.5 Å². The predicted molar refractivity (Wildman–Crippen MR) is 145 cm³/mol. The largest absolute Gasteiger partial charge is 0.492 e. The van der Waals surface area contributed by atoms with Crippen LogP contribution >= 0.6 is 0 Å². The van der Waals surface area contributed by atoms with Gasteiger partial charge in [-0.15, -0.1) is 0 Å². The highest BCUT2D eigenvalue weighted by atomic mass is 19.4. The third-order valence-electron chi connectivity index (χ3n) is 6.96. The van der Waals surface area contributed by atoms with Crippen LogP contribution in [0, 0.1) is 11.2 Å². The molecule has 0 bridgehead atoms. The van der Waals surface area contributed by atoms with Gasteiger partial charge < -0.3 is 20.3 Å². The van der Waals surface area contributed by atoms with Crippen molar-refractivity contribution < 1.29 is 45.5 Å². The summed E-state index contributed by atoms with van der Waals surface area (Å²) in [5.74, 6) is -8.40. The summed E-state index contributed by atoms with van der Waals surface area (Å²) in [6.07, 6.45) is -5.90. The lowest BCUT2D eigenvalue weighted by Gasteiger charge is -2.30. The molecule has 43 heavy (non-hydrogen) atoms. The van der Waals surface area contributed by atoms with Crippen molar-refractivity contribution in [1.29, 1.82) is 0 Å². The monoisotopic (exact) mass is 607 g/mol. The number of benzene rings is 3. The van der Waals surface area contributed by atoms with Crippen molar-refractivity contribution in [2.75, 3.05) is 24.6 Å². The fourth-order valence-corrected chi connectivity index (χ4v) is 4.42. The normalized spacial score (nSPS) is 15.2. The molecule has 3 aromatic carbocycles. The number of hydrogen-bond acceptors (Lipinski definition) is 4. The zero-order valence-electron chi connectivity index (χ0n) is 23.0. The van der Waals surface area contributed by atoms with Crippen molar-refractivity contribution in [3.63, 3.8) is 0 Å². The van der Waals surface area contributed by atoms with Crippen LogP contribution in [-0.4, -0.2) is 49.5 Å². The molecule has 4 rings (SSSR count). The second-order valence-electron chi connectivity index (χ2n) is 10.3. The molecule has 7 nitrogen and oxygen atoms in total. The van der Waals surface area contributed by atoms with Gasteiger partial charge in [-0.25, -0.2) is 4.39 Å². The number of amides is 3. The molecule has 0 spiro atoms. The lowest BCUT2D eigenvalue weighted by atomic mass is 9.89. The zero-order chi connectivity index (χ0) is 31.6. The van der Waals surface area contributed by atoms with E-state index in [9.17, 15) is 40.7 Å². The minimum atomic E-state index is -5.90. The fourth-order valence-electron chi connectivity index (χ4n) is 4.42. The molecule has 0 saturated heterocycles. The van der Waals surface area contributed by atoms with Crippen molar-refractivity contribution in [3.05, 3.63) is 84.2 Å². The van der Waals surface area contributed by atoms with Crippen molar-refractivity contribution in [3.8, 4) is 16.9 Å². The number of hydrogen-bond donors (Lipinski definition) is 2. The Morgan fingerprint density at radius 3 is 2.12 bits per heavy atom. The van der Waals surface area contributed by atoms with Gasteiger partial charge in [-0.3, -0.25) is 14.4 Å². The third-order valence-corrected chi connectivity index (χ3v) is 6.96. The van der Waals surface area contributed by atoms with Crippen molar-refractivity contribution >= 4 is 23.4 Å². The summed E-state index contributed by atoms with van der Waals surface area (Å²) < 4.78 is 83.5. The second-order valence-corrected chi connectivity index (χ2v) is 10.3. The molecule has 228 valence electrons. The maximum atomic E-state index is 14.0. The topological polar surface area (TPSA) is 87.7 Å². The lowest BCUT2D eigenvalue weighted by molar-refractivity contribution is -0.278. The lowest BCUT2D eigenvalue weighted by Crippen LogP contribution is -2.54. The molecular weight excluding hydrogens is 580 g/mol. The first-order chi connectivity index (χ1) is 20.1. The minimum Gasteiger partial charge on any atom is -0.492 e. The number of fused-ring (bicyclic) bond motifs is 3. The van der Waals surface area contributed by atoms with Crippen LogP contribution in [0.15, 0.2) is 72.8 Å². The van der Waals surface area contributed by atoms with Crippen LogP contribution < -0.4 is 20.3 Å². The molecule has 1 atom stereocenters. The van der Waals surface area contributed by atoms with Crippen LogP contribution in [0.5, 0.6) is 5.75 Å². The van der Waals surface area contributed by atoms with Crippen LogP contribution in [0.2, 0.25) is 0 Å². The minimum absolute atomic E-state index is 0.00993. The summed E-state index contributed by atoms with van der Waals surface area (Å²) >= 11 is 0. The van der Waals surface area contributed by atoms with Crippen LogP contribution in [0.4, 0.5) is 32.0 Å². The number of para-hydroxylation sites is 1. The Kier molecular flexibility index (Phi) is 8.74. The predicted octanol–water partition coefficient (Wildman–Crippen LogP) is 5.42. The van der Waals surface area contributed by atoms with Gasteiger partial charge in [0, 0.05) is 5.56 Å². The maximum Gasteiger partial charge on any atom is 0.455 e. The van der Waals surface area contributed by atoms with E-state index in [-0.39, 0.29) is 13.2 Å². The fraction of sp³-hybridized carbons (Fsp3) is 0.300. The number of halogens is 6. The Hall–Kier alpha value is -4.55. The number of carbonyl (C=O) groups is 3. The summed E-state index contributed by atoms with van der Waals surface area (Å²) in [6, 6.07) is 17.5. The first-order valence-corrected chi connectivity index (χ1v) is 13.1. The highest BCUT2D eigenvalue weighted by molar-refractivity contribution is 6.09. The number of anilines is 1. The average Bonchev–Trinajstić information content (AvgIpc) is 3.05. The quantitative estimate of drug-likeness (QED) is 0.252. The van der Waals surface area contributed by atoms with Gasteiger partial charge in [-0.05, 0) is 55.3 Å². The van der Waals surface area contributed by atoms with Gasteiger partial charge in [0.05, 0.1) is 18.8 Å². The van der Waals surface area contributed by atoms with E-state index >= 15 is 0 Å². The van der Waals surface area contributed by atoms with Crippen LogP contribution in [-0.2, 0) is 14.4 Å². The van der Waals surface area contributed by atoms with Gasteiger partial charge in [-0.2, -0.15) is 22.0 Å². The molecular formula is C30H27F6N3O4. The molecule has 1 aliphatic rings. The van der Waals surface area contributed by atoms with Crippen molar-refractivity contribution in [1.82, 2.24) is 10.6 Å². The van der Waals surface area contributed by atoms with Crippen LogP contribution in [0.3, 0.4) is 0 Å². The van der Waals surface area contributed by atoms with E-state index in [1.165, 1.54) is 34.5 Å². The first-order valence-electron chi connectivity index (χ1n) is 13.1. The first kappa shape index (κ1) is 31.4. The Morgan fingerprint density at radius 2 is 1.47 bits per heavy atom. The highest BCUT2D eigenvalue weighted by Crippen LogP contribution is 2.40. The molecule has 2 N–H and O–H groups in total.